The van der Waals surface area contributed by atoms with Crippen molar-refractivity contribution in [3.63, 3.8) is 0 Å². The second-order valence-electron chi connectivity index (χ2n) is 7.28. The number of ether oxygens (including phenoxy) is 1. The summed E-state index contributed by atoms with van der Waals surface area (Å²) in [7, 11) is 0. The van der Waals surface area contributed by atoms with Gasteiger partial charge in [0.1, 0.15) is 11.3 Å². The van der Waals surface area contributed by atoms with Gasteiger partial charge in [-0.1, -0.05) is 17.7 Å². The smallest absolute Gasteiger partial charge is 0.262 e. The van der Waals surface area contributed by atoms with E-state index in [4.69, 9.17) is 20.8 Å². The highest BCUT2D eigenvalue weighted by atomic mass is 35.5. The number of nitrogens with zero attached hydrogens (tertiary/aromatic N) is 1. The average Bonchev–Trinajstić information content (AvgIpc) is 3.14. The number of amides is 1. The summed E-state index contributed by atoms with van der Waals surface area (Å²) in [6.07, 6.45) is 0. The van der Waals surface area contributed by atoms with E-state index in [1.807, 2.05) is 75.4 Å². The minimum Gasteiger partial charge on any atom is -0.484 e. The predicted octanol–water partition coefficient (Wildman–Crippen LogP) is 6.09. The molecule has 1 aromatic heterocycles. The largest absolute Gasteiger partial charge is 0.484 e. The number of carbonyl (C=O) groups excluding carboxylic acids is 1. The molecule has 0 aliphatic rings. The van der Waals surface area contributed by atoms with E-state index in [-0.39, 0.29) is 12.5 Å². The molecule has 4 rings (SSSR count). The first-order valence-corrected chi connectivity index (χ1v) is 9.94. The van der Waals surface area contributed by atoms with Crippen LogP contribution in [0.3, 0.4) is 0 Å². The van der Waals surface area contributed by atoms with Crippen LogP contribution in [0.1, 0.15) is 16.7 Å². The summed E-state index contributed by atoms with van der Waals surface area (Å²) in [5.41, 5.74) is 6.04. The Morgan fingerprint density at radius 3 is 2.43 bits per heavy atom. The minimum absolute atomic E-state index is 0.0905. The Bertz CT molecular complexity index is 1210. The molecule has 4 aromatic rings. The molecule has 0 saturated carbocycles. The van der Waals surface area contributed by atoms with Gasteiger partial charge in [-0.2, -0.15) is 0 Å². The quantitative estimate of drug-likeness (QED) is 0.424. The van der Waals surface area contributed by atoms with Gasteiger partial charge in [0.15, 0.2) is 12.2 Å². The summed E-state index contributed by atoms with van der Waals surface area (Å²) in [5, 5.41) is 3.53. The molecule has 0 radical (unpaired) electrons. The Morgan fingerprint density at radius 1 is 1.03 bits per heavy atom. The third-order valence-corrected chi connectivity index (χ3v) is 5.33. The Balaban J connectivity index is 1.39. The van der Waals surface area contributed by atoms with Gasteiger partial charge in [-0.15, -0.1) is 0 Å². The SMILES string of the molecule is Cc1ccc2oc(-c3ccc(NC(=O)COc4cc(C)c(Cl)c(C)c4)cc3)nc2c1. The van der Waals surface area contributed by atoms with Crippen LogP contribution in [0.25, 0.3) is 22.6 Å². The van der Waals surface area contributed by atoms with E-state index in [1.54, 1.807) is 0 Å². The summed E-state index contributed by atoms with van der Waals surface area (Å²) in [6.45, 7) is 5.74. The Hall–Kier alpha value is -3.31. The lowest BCUT2D eigenvalue weighted by molar-refractivity contribution is -0.118. The van der Waals surface area contributed by atoms with Crippen molar-refractivity contribution in [2.75, 3.05) is 11.9 Å². The summed E-state index contributed by atoms with van der Waals surface area (Å²) in [4.78, 5) is 16.8. The fourth-order valence-electron chi connectivity index (χ4n) is 3.19. The minimum atomic E-state index is -0.245. The maximum atomic E-state index is 12.2. The zero-order valence-corrected chi connectivity index (χ0v) is 17.7. The zero-order chi connectivity index (χ0) is 21.3. The molecule has 0 saturated heterocycles. The lowest BCUT2D eigenvalue weighted by atomic mass is 10.1. The summed E-state index contributed by atoms with van der Waals surface area (Å²) < 4.78 is 11.4. The van der Waals surface area contributed by atoms with Crippen LogP contribution < -0.4 is 10.1 Å². The second-order valence-corrected chi connectivity index (χ2v) is 7.65. The summed E-state index contributed by atoms with van der Waals surface area (Å²) in [5.74, 6) is 0.918. The zero-order valence-electron chi connectivity index (χ0n) is 17.0. The van der Waals surface area contributed by atoms with Gasteiger partial charge < -0.3 is 14.5 Å². The third-order valence-electron chi connectivity index (χ3n) is 4.74. The van der Waals surface area contributed by atoms with Crippen molar-refractivity contribution in [2.45, 2.75) is 20.8 Å². The van der Waals surface area contributed by atoms with Crippen molar-refractivity contribution in [1.29, 1.82) is 0 Å². The molecule has 0 spiro atoms. The van der Waals surface area contributed by atoms with E-state index >= 15 is 0 Å². The Kier molecular flexibility index (Phi) is 5.46. The molecule has 0 unspecified atom stereocenters. The van der Waals surface area contributed by atoms with Crippen molar-refractivity contribution in [1.82, 2.24) is 4.98 Å². The van der Waals surface area contributed by atoms with E-state index in [9.17, 15) is 4.79 Å². The van der Waals surface area contributed by atoms with Crippen molar-refractivity contribution in [2.24, 2.45) is 0 Å². The lowest BCUT2D eigenvalue weighted by Crippen LogP contribution is -2.20. The van der Waals surface area contributed by atoms with Gasteiger partial charge >= 0.3 is 0 Å². The Labute approximate surface area is 179 Å². The summed E-state index contributed by atoms with van der Waals surface area (Å²) >= 11 is 6.16. The number of anilines is 1. The van der Waals surface area contributed by atoms with Crippen LogP contribution in [0.15, 0.2) is 59.0 Å². The van der Waals surface area contributed by atoms with E-state index < -0.39 is 0 Å². The lowest BCUT2D eigenvalue weighted by Gasteiger charge is -2.10. The van der Waals surface area contributed by atoms with Gasteiger partial charge in [0.05, 0.1) is 0 Å². The number of aryl methyl sites for hydroxylation is 3. The fourth-order valence-corrected chi connectivity index (χ4v) is 3.30. The molecule has 5 nitrogen and oxygen atoms in total. The average molecular weight is 421 g/mol. The van der Waals surface area contributed by atoms with Gasteiger partial charge in [0.2, 0.25) is 5.89 Å². The van der Waals surface area contributed by atoms with Crippen LogP contribution >= 0.6 is 11.6 Å². The standard InChI is InChI=1S/C24H21ClN2O3/c1-14-4-9-21-20(10-14)27-24(30-21)17-5-7-18(8-6-17)26-22(28)13-29-19-11-15(2)23(25)16(3)12-19/h4-12H,13H2,1-3H3,(H,26,28). The van der Waals surface area contributed by atoms with Crippen LogP contribution in [0.2, 0.25) is 5.02 Å². The molecule has 3 aromatic carbocycles. The number of rotatable bonds is 5. The van der Waals surface area contributed by atoms with E-state index in [1.165, 1.54) is 0 Å². The van der Waals surface area contributed by atoms with Gasteiger partial charge in [-0.25, -0.2) is 4.98 Å². The van der Waals surface area contributed by atoms with Crippen molar-refractivity contribution >= 4 is 34.3 Å². The third kappa shape index (κ3) is 4.31. The number of hydrogen-bond acceptors (Lipinski definition) is 4. The molecule has 1 N–H and O–H groups in total. The molecule has 0 atom stereocenters. The number of hydrogen-bond donors (Lipinski definition) is 1. The molecule has 0 aliphatic carbocycles. The van der Waals surface area contributed by atoms with E-state index in [2.05, 4.69) is 10.3 Å². The Morgan fingerprint density at radius 2 is 1.73 bits per heavy atom. The van der Waals surface area contributed by atoms with E-state index in [0.29, 0.717) is 22.4 Å². The molecule has 1 heterocycles. The molecule has 0 bridgehead atoms. The molecule has 0 aliphatic heterocycles. The van der Waals surface area contributed by atoms with Crippen LogP contribution in [-0.4, -0.2) is 17.5 Å². The van der Waals surface area contributed by atoms with Crippen LogP contribution in [0.5, 0.6) is 5.75 Å². The van der Waals surface area contributed by atoms with Crippen molar-refractivity contribution in [3.05, 3.63) is 76.3 Å². The van der Waals surface area contributed by atoms with Crippen LogP contribution in [0.4, 0.5) is 5.69 Å². The molecule has 1 amide bonds. The maximum absolute atomic E-state index is 12.2. The highest BCUT2D eigenvalue weighted by Gasteiger charge is 2.10. The number of benzene rings is 3. The van der Waals surface area contributed by atoms with Gasteiger partial charge in [0, 0.05) is 16.3 Å². The number of oxazole rings is 1. The molecular weight excluding hydrogens is 400 g/mol. The van der Waals surface area contributed by atoms with E-state index in [0.717, 1.165) is 33.4 Å². The molecule has 0 fully saturated rings. The van der Waals surface area contributed by atoms with Crippen LogP contribution in [0, 0.1) is 20.8 Å². The van der Waals surface area contributed by atoms with Crippen molar-refractivity contribution in [3.8, 4) is 17.2 Å². The van der Waals surface area contributed by atoms with Crippen LogP contribution in [-0.2, 0) is 4.79 Å². The topological polar surface area (TPSA) is 64.4 Å². The predicted molar refractivity (Wildman–Crippen MR) is 119 cm³/mol. The number of carbonyl (C=O) groups is 1. The molecule has 30 heavy (non-hydrogen) atoms. The number of aromatic nitrogens is 1. The second kappa shape index (κ2) is 8.20. The van der Waals surface area contributed by atoms with Crippen molar-refractivity contribution < 1.29 is 13.9 Å². The van der Waals surface area contributed by atoms with Gasteiger partial charge in [-0.3, -0.25) is 4.79 Å². The van der Waals surface area contributed by atoms with Gasteiger partial charge in [-0.05, 0) is 86.0 Å². The number of fused-ring (bicyclic) bond motifs is 1. The molecule has 6 heteroatoms. The van der Waals surface area contributed by atoms with Gasteiger partial charge in [0.25, 0.3) is 5.91 Å². The fraction of sp³-hybridized carbons (Fsp3) is 0.167. The number of halogens is 1. The first-order valence-electron chi connectivity index (χ1n) is 9.56. The first kappa shape index (κ1) is 20.0. The normalized spacial score (nSPS) is 10.9. The first-order chi connectivity index (χ1) is 14.4. The molecular formula is C24H21ClN2O3. The summed E-state index contributed by atoms with van der Waals surface area (Å²) in [6, 6.07) is 16.9. The highest BCUT2D eigenvalue weighted by molar-refractivity contribution is 6.32. The number of nitrogens with one attached hydrogen (secondary N) is 1. The highest BCUT2D eigenvalue weighted by Crippen LogP contribution is 2.27. The maximum Gasteiger partial charge on any atom is 0.262 e. The molecule has 152 valence electrons. The monoisotopic (exact) mass is 420 g/mol.